The first-order chi connectivity index (χ1) is 10.8. The van der Waals surface area contributed by atoms with Gasteiger partial charge in [-0.2, -0.15) is 5.10 Å². The number of carbonyl (C=O) groups excluding carboxylic acids is 1. The van der Waals surface area contributed by atoms with Crippen molar-refractivity contribution in [2.45, 2.75) is 20.0 Å². The van der Waals surface area contributed by atoms with Crippen molar-refractivity contribution in [2.24, 2.45) is 0 Å². The molecule has 0 atom stereocenters. The Bertz CT molecular complexity index is 760. The minimum Gasteiger partial charge on any atom is -0.348 e. The molecule has 3 aromatic rings. The number of nitrogens with zero attached hydrogens (tertiary/aromatic N) is 3. The van der Waals surface area contributed by atoms with Crippen LogP contribution in [0.5, 0.6) is 0 Å². The van der Waals surface area contributed by atoms with Gasteiger partial charge in [-0.05, 0) is 19.1 Å². The van der Waals surface area contributed by atoms with Gasteiger partial charge in [-0.3, -0.25) is 9.48 Å². The van der Waals surface area contributed by atoms with Crippen LogP contribution in [-0.2, 0) is 13.1 Å². The lowest BCUT2D eigenvalue weighted by molar-refractivity contribution is 0.0951. The lowest BCUT2D eigenvalue weighted by Crippen LogP contribution is -2.22. The predicted molar refractivity (Wildman–Crippen MR) is 83.1 cm³/mol. The van der Waals surface area contributed by atoms with Gasteiger partial charge in [-0.15, -0.1) is 0 Å². The summed E-state index contributed by atoms with van der Waals surface area (Å²) in [6.07, 6.45) is 7.14. The SMILES string of the molecule is CCn1cc(CNC(=O)c2cccc(-c3ncc[nH]3)c2)cn1. The van der Waals surface area contributed by atoms with Crippen LogP contribution >= 0.6 is 0 Å². The van der Waals surface area contributed by atoms with Crippen LogP contribution < -0.4 is 5.32 Å². The predicted octanol–water partition coefficient (Wildman–Crippen LogP) is 2.22. The molecule has 0 aliphatic rings. The molecule has 0 unspecified atom stereocenters. The molecule has 112 valence electrons. The summed E-state index contributed by atoms with van der Waals surface area (Å²) < 4.78 is 1.83. The number of carbonyl (C=O) groups is 1. The summed E-state index contributed by atoms with van der Waals surface area (Å²) in [5.41, 5.74) is 2.48. The topological polar surface area (TPSA) is 75.6 Å². The number of imidazole rings is 1. The van der Waals surface area contributed by atoms with Gasteiger partial charge in [-0.25, -0.2) is 4.98 Å². The standard InChI is InChI=1S/C16H17N5O/c1-2-21-11-12(10-20-21)9-19-16(22)14-5-3-4-13(8-14)15-17-6-7-18-15/h3-8,10-11H,2,9H2,1H3,(H,17,18)(H,19,22). The van der Waals surface area contributed by atoms with Gasteiger partial charge >= 0.3 is 0 Å². The van der Waals surface area contributed by atoms with Crippen molar-refractivity contribution in [1.29, 1.82) is 0 Å². The molecule has 2 aromatic heterocycles. The molecule has 0 spiro atoms. The first kappa shape index (κ1) is 14.1. The van der Waals surface area contributed by atoms with E-state index in [1.54, 1.807) is 24.7 Å². The zero-order valence-corrected chi connectivity index (χ0v) is 12.3. The second kappa shape index (κ2) is 6.26. The molecule has 6 nitrogen and oxygen atoms in total. The third kappa shape index (κ3) is 3.06. The Kier molecular flexibility index (Phi) is 4.00. The van der Waals surface area contributed by atoms with Crippen molar-refractivity contribution >= 4 is 5.91 Å². The van der Waals surface area contributed by atoms with Crippen molar-refractivity contribution in [2.75, 3.05) is 0 Å². The van der Waals surface area contributed by atoms with E-state index in [-0.39, 0.29) is 5.91 Å². The van der Waals surface area contributed by atoms with E-state index in [1.165, 1.54) is 0 Å². The number of nitrogens with one attached hydrogen (secondary N) is 2. The van der Waals surface area contributed by atoms with Gasteiger partial charge in [-0.1, -0.05) is 12.1 Å². The van der Waals surface area contributed by atoms with Crippen LogP contribution in [0, 0.1) is 0 Å². The van der Waals surface area contributed by atoms with Gasteiger partial charge < -0.3 is 10.3 Å². The molecule has 2 heterocycles. The minimum atomic E-state index is -0.113. The maximum Gasteiger partial charge on any atom is 0.251 e. The molecule has 1 aromatic carbocycles. The summed E-state index contributed by atoms with van der Waals surface area (Å²) in [6.45, 7) is 3.30. The molecule has 0 radical (unpaired) electrons. The molecule has 22 heavy (non-hydrogen) atoms. The molecule has 0 aliphatic carbocycles. The fourth-order valence-electron chi connectivity index (χ4n) is 2.19. The Morgan fingerprint density at radius 2 is 2.32 bits per heavy atom. The summed E-state index contributed by atoms with van der Waals surface area (Å²) in [5, 5.41) is 7.09. The molecule has 0 bridgehead atoms. The Morgan fingerprint density at radius 1 is 1.41 bits per heavy atom. The van der Waals surface area contributed by atoms with E-state index < -0.39 is 0 Å². The molecule has 0 fully saturated rings. The van der Waals surface area contributed by atoms with Gasteiger partial charge in [0.1, 0.15) is 5.82 Å². The second-order valence-electron chi connectivity index (χ2n) is 4.91. The zero-order chi connectivity index (χ0) is 15.4. The molecule has 0 saturated carbocycles. The summed E-state index contributed by atoms with van der Waals surface area (Å²) >= 11 is 0. The van der Waals surface area contributed by atoms with Gasteiger partial charge in [0.2, 0.25) is 0 Å². The average molecular weight is 295 g/mol. The van der Waals surface area contributed by atoms with Crippen molar-refractivity contribution in [3.05, 3.63) is 60.2 Å². The number of aromatic amines is 1. The van der Waals surface area contributed by atoms with E-state index in [0.717, 1.165) is 23.5 Å². The number of amides is 1. The first-order valence-electron chi connectivity index (χ1n) is 7.15. The van der Waals surface area contributed by atoms with E-state index >= 15 is 0 Å². The third-order valence-electron chi connectivity index (χ3n) is 3.36. The van der Waals surface area contributed by atoms with Gasteiger partial charge in [0.05, 0.1) is 6.20 Å². The highest BCUT2D eigenvalue weighted by Gasteiger charge is 2.08. The zero-order valence-electron chi connectivity index (χ0n) is 12.3. The van der Waals surface area contributed by atoms with Crippen molar-refractivity contribution in [3.63, 3.8) is 0 Å². The van der Waals surface area contributed by atoms with Crippen LogP contribution in [0.2, 0.25) is 0 Å². The smallest absolute Gasteiger partial charge is 0.251 e. The maximum atomic E-state index is 12.2. The number of hydrogen-bond donors (Lipinski definition) is 2. The van der Waals surface area contributed by atoms with Crippen LogP contribution in [0.15, 0.2) is 49.1 Å². The Labute approximate surface area is 128 Å². The number of rotatable bonds is 5. The number of H-pyrrole nitrogens is 1. The maximum absolute atomic E-state index is 12.2. The van der Waals surface area contributed by atoms with Gasteiger partial charge in [0.25, 0.3) is 5.91 Å². The first-order valence-corrected chi connectivity index (χ1v) is 7.15. The molecular formula is C16H17N5O. The van der Waals surface area contributed by atoms with E-state index in [1.807, 2.05) is 36.0 Å². The average Bonchev–Trinajstić information content (AvgIpc) is 3.24. The van der Waals surface area contributed by atoms with Crippen molar-refractivity contribution in [1.82, 2.24) is 25.1 Å². The highest BCUT2D eigenvalue weighted by Crippen LogP contribution is 2.16. The van der Waals surface area contributed by atoms with E-state index in [9.17, 15) is 4.79 Å². The lowest BCUT2D eigenvalue weighted by atomic mass is 10.1. The molecular weight excluding hydrogens is 278 g/mol. The Balaban J connectivity index is 1.68. The van der Waals surface area contributed by atoms with Crippen LogP contribution in [-0.4, -0.2) is 25.7 Å². The molecule has 3 rings (SSSR count). The monoisotopic (exact) mass is 295 g/mol. The summed E-state index contributed by atoms with van der Waals surface area (Å²) in [7, 11) is 0. The normalized spacial score (nSPS) is 10.6. The van der Waals surface area contributed by atoms with E-state index in [2.05, 4.69) is 20.4 Å². The van der Waals surface area contributed by atoms with E-state index in [4.69, 9.17) is 0 Å². The number of benzene rings is 1. The van der Waals surface area contributed by atoms with Crippen molar-refractivity contribution < 1.29 is 4.79 Å². The number of aromatic nitrogens is 4. The fourth-order valence-corrected chi connectivity index (χ4v) is 2.19. The molecule has 0 saturated heterocycles. The molecule has 6 heteroatoms. The van der Waals surface area contributed by atoms with Crippen molar-refractivity contribution in [3.8, 4) is 11.4 Å². The minimum absolute atomic E-state index is 0.113. The molecule has 2 N–H and O–H groups in total. The number of hydrogen-bond acceptors (Lipinski definition) is 3. The molecule has 0 aliphatic heterocycles. The highest BCUT2D eigenvalue weighted by atomic mass is 16.1. The van der Waals surface area contributed by atoms with Crippen LogP contribution in [0.4, 0.5) is 0 Å². The Morgan fingerprint density at radius 3 is 3.05 bits per heavy atom. The number of aryl methyl sites for hydroxylation is 1. The largest absolute Gasteiger partial charge is 0.348 e. The van der Waals surface area contributed by atoms with Crippen LogP contribution in [0.3, 0.4) is 0 Å². The Hall–Kier alpha value is -2.89. The third-order valence-corrected chi connectivity index (χ3v) is 3.36. The van der Waals surface area contributed by atoms with Gasteiger partial charge in [0, 0.05) is 48.4 Å². The lowest BCUT2D eigenvalue weighted by Gasteiger charge is -2.05. The van der Waals surface area contributed by atoms with Gasteiger partial charge in [0.15, 0.2) is 0 Å². The fraction of sp³-hybridized carbons (Fsp3) is 0.188. The highest BCUT2D eigenvalue weighted by molar-refractivity contribution is 5.95. The second-order valence-corrected chi connectivity index (χ2v) is 4.91. The molecule has 1 amide bonds. The van der Waals surface area contributed by atoms with Crippen LogP contribution in [0.1, 0.15) is 22.8 Å². The summed E-state index contributed by atoms with van der Waals surface area (Å²) in [6, 6.07) is 7.38. The van der Waals surface area contributed by atoms with E-state index in [0.29, 0.717) is 12.1 Å². The van der Waals surface area contributed by atoms with Crippen LogP contribution in [0.25, 0.3) is 11.4 Å². The summed E-state index contributed by atoms with van der Waals surface area (Å²) in [4.78, 5) is 19.5. The summed E-state index contributed by atoms with van der Waals surface area (Å²) in [5.74, 6) is 0.636. The quantitative estimate of drug-likeness (QED) is 0.758.